The third-order valence-electron chi connectivity index (χ3n) is 1.41. The molecule has 3 nitrogen and oxygen atoms in total. The molecule has 0 bridgehead atoms. The van der Waals surface area contributed by atoms with Gasteiger partial charge in [0.1, 0.15) is 0 Å². The van der Waals surface area contributed by atoms with Gasteiger partial charge in [-0.05, 0) is 0 Å². The molecule has 0 unspecified atom stereocenters. The largest absolute Gasteiger partial charge is 0.337 e. The van der Waals surface area contributed by atoms with Crippen LogP contribution >= 0.6 is 0 Å². The lowest BCUT2D eigenvalue weighted by atomic mass is 10.4. The zero-order valence-electron chi connectivity index (χ0n) is 5.05. The van der Waals surface area contributed by atoms with E-state index in [9.17, 15) is 4.79 Å². The first-order valence-corrected chi connectivity index (χ1v) is 2.86. The standard InChI is InChI=1S/C5H10N2O/c1-7-3-2-6-4-5(7)8/h6H,2-4H2,1H3/p+1. The molecule has 1 aliphatic heterocycles. The normalized spacial score (nSPS) is 21.6. The number of piperazine rings is 1. The summed E-state index contributed by atoms with van der Waals surface area (Å²) in [5.74, 6) is 0.247. The zero-order chi connectivity index (χ0) is 5.98. The molecule has 1 aliphatic rings. The first-order chi connectivity index (χ1) is 3.80. The van der Waals surface area contributed by atoms with Crippen molar-refractivity contribution in [2.75, 3.05) is 26.7 Å². The highest BCUT2D eigenvalue weighted by Gasteiger charge is 2.14. The van der Waals surface area contributed by atoms with Crippen molar-refractivity contribution in [1.29, 1.82) is 0 Å². The lowest BCUT2D eigenvalue weighted by Gasteiger charge is -2.19. The third-order valence-corrected chi connectivity index (χ3v) is 1.41. The molecule has 3 heteroatoms. The second-order valence-electron chi connectivity index (χ2n) is 2.10. The molecule has 1 rings (SSSR count). The van der Waals surface area contributed by atoms with E-state index < -0.39 is 0 Å². The van der Waals surface area contributed by atoms with Gasteiger partial charge >= 0.3 is 0 Å². The highest BCUT2D eigenvalue weighted by molar-refractivity contribution is 5.76. The third kappa shape index (κ3) is 0.980. The van der Waals surface area contributed by atoms with Gasteiger partial charge in [-0.15, -0.1) is 0 Å². The number of hydrogen-bond acceptors (Lipinski definition) is 1. The molecule has 0 atom stereocenters. The SMILES string of the molecule is CN1CC[NH2+]CC1=O. The summed E-state index contributed by atoms with van der Waals surface area (Å²) in [4.78, 5) is 12.5. The van der Waals surface area contributed by atoms with Gasteiger partial charge in [-0.2, -0.15) is 0 Å². The number of quaternary nitrogens is 1. The molecule has 0 saturated carbocycles. The maximum Gasteiger partial charge on any atom is 0.277 e. The van der Waals surface area contributed by atoms with Crippen LogP contribution in [0.2, 0.25) is 0 Å². The number of carbonyl (C=O) groups is 1. The van der Waals surface area contributed by atoms with Crippen LogP contribution in [0.3, 0.4) is 0 Å². The Labute approximate surface area is 48.7 Å². The maximum absolute atomic E-state index is 10.7. The minimum absolute atomic E-state index is 0.247. The van der Waals surface area contributed by atoms with E-state index in [2.05, 4.69) is 0 Å². The molecule has 0 aromatic carbocycles. The van der Waals surface area contributed by atoms with E-state index in [-0.39, 0.29) is 5.91 Å². The second-order valence-corrected chi connectivity index (χ2v) is 2.10. The average Bonchev–Trinajstić information content (AvgIpc) is 1.77. The first-order valence-electron chi connectivity index (χ1n) is 2.86. The number of nitrogens with zero attached hydrogens (tertiary/aromatic N) is 1. The molecule has 1 heterocycles. The summed E-state index contributed by atoms with van der Waals surface area (Å²) in [6.45, 7) is 2.59. The van der Waals surface area contributed by atoms with Gasteiger partial charge in [0, 0.05) is 7.05 Å². The molecular formula is C5H11N2O+. The van der Waals surface area contributed by atoms with Crippen LogP contribution in [0.5, 0.6) is 0 Å². The van der Waals surface area contributed by atoms with Gasteiger partial charge < -0.3 is 10.2 Å². The van der Waals surface area contributed by atoms with Crippen LogP contribution in [-0.2, 0) is 4.79 Å². The molecule has 8 heavy (non-hydrogen) atoms. The van der Waals surface area contributed by atoms with Gasteiger partial charge in [-0.3, -0.25) is 4.79 Å². The quantitative estimate of drug-likeness (QED) is 0.390. The number of amides is 1. The molecule has 1 saturated heterocycles. The summed E-state index contributed by atoms with van der Waals surface area (Å²) < 4.78 is 0. The topological polar surface area (TPSA) is 36.9 Å². The predicted molar refractivity (Wildman–Crippen MR) is 29.3 cm³/mol. The van der Waals surface area contributed by atoms with Crippen molar-refractivity contribution >= 4 is 5.91 Å². The van der Waals surface area contributed by atoms with Crippen LogP contribution in [-0.4, -0.2) is 37.5 Å². The number of likely N-dealkylation sites (N-methyl/N-ethyl adjacent to an activating group) is 1. The van der Waals surface area contributed by atoms with Gasteiger partial charge in [-0.25, -0.2) is 0 Å². The summed E-state index contributed by atoms with van der Waals surface area (Å²) in [5.41, 5.74) is 0. The molecule has 46 valence electrons. The fourth-order valence-corrected chi connectivity index (χ4v) is 0.791. The van der Waals surface area contributed by atoms with Crippen molar-refractivity contribution in [2.24, 2.45) is 0 Å². The van der Waals surface area contributed by atoms with E-state index in [0.29, 0.717) is 6.54 Å². The highest BCUT2D eigenvalue weighted by atomic mass is 16.2. The van der Waals surface area contributed by atoms with Gasteiger partial charge in [0.2, 0.25) is 0 Å². The number of rotatable bonds is 0. The monoisotopic (exact) mass is 115 g/mol. The number of nitrogens with two attached hydrogens (primary N) is 1. The predicted octanol–water partition coefficient (Wildman–Crippen LogP) is -1.98. The van der Waals surface area contributed by atoms with Crippen molar-refractivity contribution in [2.45, 2.75) is 0 Å². The Morgan fingerprint density at radius 1 is 1.75 bits per heavy atom. The van der Waals surface area contributed by atoms with Crippen LogP contribution in [0, 0.1) is 0 Å². The Hall–Kier alpha value is -0.570. The van der Waals surface area contributed by atoms with Crippen LogP contribution in [0.15, 0.2) is 0 Å². The molecule has 0 aromatic rings. The van der Waals surface area contributed by atoms with E-state index in [0.717, 1.165) is 13.1 Å². The fraction of sp³-hybridized carbons (Fsp3) is 0.800. The summed E-state index contributed by atoms with van der Waals surface area (Å²) in [7, 11) is 1.84. The van der Waals surface area contributed by atoms with Crippen molar-refractivity contribution in [3.8, 4) is 0 Å². The van der Waals surface area contributed by atoms with Gasteiger partial charge in [0.15, 0.2) is 6.54 Å². The molecule has 0 radical (unpaired) electrons. The summed E-state index contributed by atoms with van der Waals surface area (Å²) in [6.07, 6.45) is 0. The number of carbonyl (C=O) groups excluding carboxylic acids is 1. The fourth-order valence-electron chi connectivity index (χ4n) is 0.791. The first kappa shape index (κ1) is 5.56. The number of hydrogen-bond donors (Lipinski definition) is 1. The van der Waals surface area contributed by atoms with Gasteiger partial charge in [0.25, 0.3) is 5.91 Å². The molecule has 1 amide bonds. The van der Waals surface area contributed by atoms with Crippen molar-refractivity contribution in [3.05, 3.63) is 0 Å². The average molecular weight is 115 g/mol. The van der Waals surface area contributed by atoms with Crippen LogP contribution in [0.25, 0.3) is 0 Å². The summed E-state index contributed by atoms with van der Waals surface area (Å²) >= 11 is 0. The molecule has 0 aliphatic carbocycles. The van der Waals surface area contributed by atoms with Crippen LogP contribution < -0.4 is 5.32 Å². The molecular weight excluding hydrogens is 104 g/mol. The minimum Gasteiger partial charge on any atom is -0.337 e. The second kappa shape index (κ2) is 2.13. The minimum atomic E-state index is 0.247. The molecule has 0 spiro atoms. The lowest BCUT2D eigenvalue weighted by Crippen LogP contribution is -2.90. The van der Waals surface area contributed by atoms with Crippen molar-refractivity contribution in [1.82, 2.24) is 4.90 Å². The van der Waals surface area contributed by atoms with E-state index in [1.807, 2.05) is 12.4 Å². The Bertz CT molecular complexity index is 103. The Morgan fingerprint density at radius 3 is 2.88 bits per heavy atom. The van der Waals surface area contributed by atoms with E-state index in [1.54, 1.807) is 4.90 Å². The van der Waals surface area contributed by atoms with E-state index in [1.165, 1.54) is 0 Å². The summed E-state index contributed by atoms with van der Waals surface area (Å²) in [6, 6.07) is 0. The highest BCUT2D eigenvalue weighted by Crippen LogP contribution is 1.81. The van der Waals surface area contributed by atoms with Crippen molar-refractivity contribution < 1.29 is 10.1 Å². The van der Waals surface area contributed by atoms with Gasteiger partial charge in [-0.1, -0.05) is 0 Å². The molecule has 0 aromatic heterocycles. The Balaban J connectivity index is 2.39. The maximum atomic E-state index is 10.7. The zero-order valence-corrected chi connectivity index (χ0v) is 5.05. The van der Waals surface area contributed by atoms with E-state index in [4.69, 9.17) is 0 Å². The summed E-state index contributed by atoms with van der Waals surface area (Å²) in [5, 5.41) is 2.03. The van der Waals surface area contributed by atoms with Crippen LogP contribution in [0.1, 0.15) is 0 Å². The Morgan fingerprint density at radius 2 is 2.50 bits per heavy atom. The Kier molecular flexibility index (Phi) is 1.48. The molecule has 1 fully saturated rings. The van der Waals surface area contributed by atoms with Crippen molar-refractivity contribution in [3.63, 3.8) is 0 Å². The smallest absolute Gasteiger partial charge is 0.277 e. The van der Waals surface area contributed by atoms with Gasteiger partial charge in [0.05, 0.1) is 13.1 Å². The van der Waals surface area contributed by atoms with Crippen LogP contribution in [0.4, 0.5) is 0 Å². The lowest BCUT2D eigenvalue weighted by molar-refractivity contribution is -0.649. The van der Waals surface area contributed by atoms with E-state index >= 15 is 0 Å². The molecule has 2 N–H and O–H groups in total.